The van der Waals surface area contributed by atoms with Crippen molar-refractivity contribution in [1.82, 2.24) is 9.97 Å². The molecule has 0 aliphatic heterocycles. The summed E-state index contributed by atoms with van der Waals surface area (Å²) in [6, 6.07) is 1.82. The van der Waals surface area contributed by atoms with Gasteiger partial charge in [0.05, 0.1) is 7.11 Å². The Labute approximate surface area is 101 Å². The Bertz CT molecular complexity index is 333. The van der Waals surface area contributed by atoms with Gasteiger partial charge in [-0.2, -0.15) is 16.7 Å². The smallest absolute Gasteiger partial charge is 0.226 e. The van der Waals surface area contributed by atoms with Crippen LogP contribution in [0, 0.1) is 6.92 Å². The van der Waals surface area contributed by atoms with Gasteiger partial charge in [-0.25, -0.2) is 4.98 Å². The van der Waals surface area contributed by atoms with Crippen LogP contribution in [0.3, 0.4) is 0 Å². The minimum atomic E-state index is 0.605. The molecule has 90 valence electrons. The topological polar surface area (TPSA) is 47.0 Å². The van der Waals surface area contributed by atoms with Gasteiger partial charge in [-0.05, 0) is 19.6 Å². The van der Waals surface area contributed by atoms with Gasteiger partial charge in [-0.15, -0.1) is 0 Å². The van der Waals surface area contributed by atoms with Crippen LogP contribution in [0.2, 0.25) is 0 Å². The highest BCUT2D eigenvalue weighted by molar-refractivity contribution is 7.99. The van der Waals surface area contributed by atoms with Gasteiger partial charge in [0.25, 0.3) is 0 Å². The molecule has 0 aromatic carbocycles. The van der Waals surface area contributed by atoms with Gasteiger partial charge in [-0.3, -0.25) is 0 Å². The first kappa shape index (κ1) is 13.1. The van der Waals surface area contributed by atoms with Gasteiger partial charge < -0.3 is 10.1 Å². The molecule has 16 heavy (non-hydrogen) atoms. The van der Waals surface area contributed by atoms with Crippen LogP contribution in [-0.4, -0.2) is 35.1 Å². The second-order valence-corrected chi connectivity index (χ2v) is 4.91. The minimum absolute atomic E-state index is 0.605. The number of ether oxygens (including phenoxy) is 1. The zero-order chi connectivity index (χ0) is 12.0. The Morgan fingerprint density at radius 1 is 1.50 bits per heavy atom. The fraction of sp³-hybridized carbons (Fsp3) is 0.636. The maximum Gasteiger partial charge on any atom is 0.226 e. The van der Waals surface area contributed by atoms with Crippen molar-refractivity contribution in [2.75, 3.05) is 25.2 Å². The van der Waals surface area contributed by atoms with Gasteiger partial charge in [0.2, 0.25) is 11.8 Å². The molecule has 1 rings (SSSR count). The van der Waals surface area contributed by atoms with E-state index in [9.17, 15) is 0 Å². The van der Waals surface area contributed by atoms with Gasteiger partial charge in [0.1, 0.15) is 0 Å². The summed E-state index contributed by atoms with van der Waals surface area (Å²) < 4.78 is 5.09. The van der Waals surface area contributed by atoms with Crippen LogP contribution in [0.5, 0.6) is 5.88 Å². The lowest BCUT2D eigenvalue weighted by molar-refractivity contribution is 0.397. The van der Waals surface area contributed by atoms with Crippen molar-refractivity contribution in [3.05, 3.63) is 11.8 Å². The number of nitrogens with one attached hydrogen (secondary N) is 1. The summed E-state index contributed by atoms with van der Waals surface area (Å²) in [5, 5.41) is 3.86. The van der Waals surface area contributed by atoms with E-state index in [-0.39, 0.29) is 0 Å². The van der Waals surface area contributed by atoms with E-state index in [0.717, 1.165) is 18.7 Å². The zero-order valence-corrected chi connectivity index (χ0v) is 11.1. The Balaban J connectivity index is 2.50. The maximum absolute atomic E-state index is 5.09. The molecule has 1 heterocycles. The zero-order valence-electron chi connectivity index (χ0n) is 10.3. The third kappa shape index (κ3) is 4.26. The number of nitrogens with zero attached hydrogens (tertiary/aromatic N) is 2. The predicted octanol–water partition coefficient (Wildman–Crippen LogP) is 2.35. The molecule has 0 spiro atoms. The van der Waals surface area contributed by atoms with Gasteiger partial charge in [0, 0.05) is 23.6 Å². The van der Waals surface area contributed by atoms with Crippen molar-refractivity contribution in [3.63, 3.8) is 0 Å². The molecule has 5 heteroatoms. The van der Waals surface area contributed by atoms with Crippen molar-refractivity contribution in [2.24, 2.45) is 0 Å². The first-order chi connectivity index (χ1) is 7.65. The van der Waals surface area contributed by atoms with Crippen molar-refractivity contribution in [3.8, 4) is 5.88 Å². The highest BCUT2D eigenvalue weighted by Crippen LogP contribution is 2.12. The fourth-order valence-corrected chi connectivity index (χ4v) is 1.58. The highest BCUT2D eigenvalue weighted by atomic mass is 32.2. The standard InChI is InChI=1S/C11H19N3OS/c1-8-7-10(15-3)14-11(13-8)12-6-5-9(2)16-4/h7,9H,5-6H2,1-4H3,(H,12,13,14). The molecular formula is C11H19N3OS. The van der Waals surface area contributed by atoms with E-state index in [0.29, 0.717) is 17.1 Å². The summed E-state index contributed by atoms with van der Waals surface area (Å²) in [6.07, 6.45) is 3.22. The van der Waals surface area contributed by atoms with E-state index in [2.05, 4.69) is 28.5 Å². The first-order valence-electron chi connectivity index (χ1n) is 5.32. The maximum atomic E-state index is 5.09. The number of hydrogen-bond acceptors (Lipinski definition) is 5. The molecule has 0 bridgehead atoms. The largest absolute Gasteiger partial charge is 0.481 e. The number of anilines is 1. The Morgan fingerprint density at radius 2 is 2.25 bits per heavy atom. The molecule has 1 N–H and O–H groups in total. The van der Waals surface area contributed by atoms with Crippen LogP contribution in [0.4, 0.5) is 5.95 Å². The number of rotatable bonds is 6. The first-order valence-corrected chi connectivity index (χ1v) is 6.61. The minimum Gasteiger partial charge on any atom is -0.481 e. The SMILES string of the molecule is COc1cc(C)nc(NCCC(C)SC)n1. The summed E-state index contributed by atoms with van der Waals surface area (Å²) in [5.41, 5.74) is 0.910. The van der Waals surface area contributed by atoms with Crippen LogP contribution in [0.15, 0.2) is 6.07 Å². The van der Waals surface area contributed by atoms with Gasteiger partial charge >= 0.3 is 0 Å². The molecule has 1 aromatic heterocycles. The van der Waals surface area contributed by atoms with Gasteiger partial charge in [0.15, 0.2) is 0 Å². The summed E-state index contributed by atoms with van der Waals surface area (Å²) in [5.74, 6) is 1.25. The number of hydrogen-bond donors (Lipinski definition) is 1. The van der Waals surface area contributed by atoms with E-state index in [1.807, 2.05) is 24.8 Å². The van der Waals surface area contributed by atoms with Crippen LogP contribution in [0.25, 0.3) is 0 Å². The quantitative estimate of drug-likeness (QED) is 0.828. The van der Waals surface area contributed by atoms with Crippen molar-refractivity contribution in [1.29, 1.82) is 0 Å². The molecule has 1 aromatic rings. The summed E-state index contributed by atoms with van der Waals surface area (Å²) in [4.78, 5) is 8.52. The summed E-state index contributed by atoms with van der Waals surface area (Å²) >= 11 is 1.87. The summed E-state index contributed by atoms with van der Waals surface area (Å²) in [6.45, 7) is 5.03. The molecule has 0 aliphatic rings. The number of aromatic nitrogens is 2. The average molecular weight is 241 g/mol. The Kier molecular flexibility index (Phi) is 5.38. The van der Waals surface area contributed by atoms with E-state index in [4.69, 9.17) is 4.74 Å². The van der Waals surface area contributed by atoms with Crippen LogP contribution >= 0.6 is 11.8 Å². The normalized spacial score (nSPS) is 12.2. The third-order valence-electron chi connectivity index (χ3n) is 2.28. The molecule has 0 fully saturated rings. The molecule has 1 atom stereocenters. The number of thioether (sulfide) groups is 1. The van der Waals surface area contributed by atoms with Crippen molar-refractivity contribution < 1.29 is 4.74 Å². The molecule has 0 aliphatic carbocycles. The molecule has 0 amide bonds. The van der Waals surface area contributed by atoms with Gasteiger partial charge in [-0.1, -0.05) is 6.92 Å². The number of aryl methyl sites for hydroxylation is 1. The third-order valence-corrected chi connectivity index (χ3v) is 3.32. The lowest BCUT2D eigenvalue weighted by Crippen LogP contribution is -2.10. The molecule has 0 saturated carbocycles. The fourth-order valence-electron chi connectivity index (χ4n) is 1.23. The molecular weight excluding hydrogens is 222 g/mol. The lowest BCUT2D eigenvalue weighted by atomic mass is 10.3. The Hall–Kier alpha value is -0.970. The van der Waals surface area contributed by atoms with Crippen LogP contribution in [-0.2, 0) is 0 Å². The molecule has 4 nitrogen and oxygen atoms in total. The Morgan fingerprint density at radius 3 is 2.88 bits per heavy atom. The van der Waals surface area contributed by atoms with E-state index in [1.54, 1.807) is 7.11 Å². The second kappa shape index (κ2) is 6.58. The summed E-state index contributed by atoms with van der Waals surface area (Å²) in [7, 11) is 1.61. The van der Waals surface area contributed by atoms with Crippen molar-refractivity contribution in [2.45, 2.75) is 25.5 Å². The second-order valence-electron chi connectivity index (χ2n) is 3.64. The van der Waals surface area contributed by atoms with Crippen LogP contribution < -0.4 is 10.1 Å². The molecule has 0 saturated heterocycles. The monoisotopic (exact) mass is 241 g/mol. The average Bonchev–Trinajstić information content (AvgIpc) is 2.28. The molecule has 1 unspecified atom stereocenters. The number of methoxy groups -OCH3 is 1. The van der Waals surface area contributed by atoms with Crippen LogP contribution in [0.1, 0.15) is 19.0 Å². The highest BCUT2D eigenvalue weighted by Gasteiger charge is 2.03. The van der Waals surface area contributed by atoms with E-state index < -0.39 is 0 Å². The molecule has 0 radical (unpaired) electrons. The predicted molar refractivity (Wildman–Crippen MR) is 69.4 cm³/mol. The van der Waals surface area contributed by atoms with E-state index in [1.165, 1.54) is 0 Å². The van der Waals surface area contributed by atoms with E-state index >= 15 is 0 Å². The lowest BCUT2D eigenvalue weighted by Gasteiger charge is -2.10. The van der Waals surface area contributed by atoms with Crippen molar-refractivity contribution >= 4 is 17.7 Å².